The molecule has 1 aromatic rings. The molecule has 0 radical (unpaired) electrons. The summed E-state index contributed by atoms with van der Waals surface area (Å²) in [6, 6.07) is 5.62. The van der Waals surface area contributed by atoms with Gasteiger partial charge in [-0.25, -0.2) is 4.79 Å². The number of carboxylic acid groups (broad SMARTS) is 1. The molecule has 4 heteroatoms. The fraction of sp³-hybridized carbons (Fsp3) is 0.588. The highest BCUT2D eigenvalue weighted by molar-refractivity contribution is 5.74. The molecular weight excluding hydrogens is 268 g/mol. The first kappa shape index (κ1) is 15.7. The van der Waals surface area contributed by atoms with E-state index in [0.29, 0.717) is 24.7 Å². The molecule has 1 aliphatic rings. The molecule has 2 rings (SSSR count). The molecule has 0 fully saturated rings. The average Bonchev–Trinajstić information content (AvgIpc) is 2.91. The number of hydrogen-bond donors (Lipinski definition) is 1. The largest absolute Gasteiger partial charge is 0.493 e. The Labute approximate surface area is 126 Å². The zero-order chi connectivity index (χ0) is 15.2. The van der Waals surface area contributed by atoms with Gasteiger partial charge in [-0.1, -0.05) is 39.2 Å². The van der Waals surface area contributed by atoms with Crippen molar-refractivity contribution in [2.45, 2.75) is 52.1 Å². The van der Waals surface area contributed by atoms with Gasteiger partial charge in [0.1, 0.15) is 11.5 Å². The van der Waals surface area contributed by atoms with Gasteiger partial charge in [0.25, 0.3) is 0 Å². The molecule has 21 heavy (non-hydrogen) atoms. The maximum absolute atomic E-state index is 11.0. The van der Waals surface area contributed by atoms with Gasteiger partial charge in [0.05, 0.1) is 6.61 Å². The summed E-state index contributed by atoms with van der Waals surface area (Å²) in [5.41, 5.74) is 0.938. The molecule has 0 aliphatic carbocycles. The minimum atomic E-state index is -0.917. The third kappa shape index (κ3) is 4.13. The van der Waals surface area contributed by atoms with E-state index >= 15 is 0 Å². The van der Waals surface area contributed by atoms with Crippen molar-refractivity contribution in [2.75, 3.05) is 6.61 Å². The summed E-state index contributed by atoms with van der Waals surface area (Å²) in [6.45, 7) is 5.09. The number of unbranched alkanes of at least 4 members (excludes halogenated alkanes) is 1. The predicted molar refractivity (Wildman–Crippen MR) is 81.0 cm³/mol. The van der Waals surface area contributed by atoms with E-state index in [2.05, 4.69) is 13.8 Å². The molecule has 2 atom stereocenters. The van der Waals surface area contributed by atoms with Gasteiger partial charge >= 0.3 is 5.97 Å². The van der Waals surface area contributed by atoms with Crippen LogP contribution in [0, 0.1) is 5.92 Å². The van der Waals surface area contributed by atoms with E-state index in [9.17, 15) is 4.79 Å². The van der Waals surface area contributed by atoms with Gasteiger partial charge < -0.3 is 14.6 Å². The molecule has 1 N–H and O–H groups in total. The molecular formula is C17H24O4. The minimum Gasteiger partial charge on any atom is -0.493 e. The molecule has 0 aromatic heterocycles. The normalized spacial score (nSPS) is 17.9. The second kappa shape index (κ2) is 7.34. The Bertz CT molecular complexity index is 484. The molecule has 0 saturated carbocycles. The Hall–Kier alpha value is -1.71. The van der Waals surface area contributed by atoms with Crippen LogP contribution >= 0.6 is 0 Å². The number of rotatable bonds is 8. The summed E-state index contributed by atoms with van der Waals surface area (Å²) < 4.78 is 11.3. The molecule has 116 valence electrons. The first-order chi connectivity index (χ1) is 10.1. The molecule has 1 aliphatic heterocycles. The van der Waals surface area contributed by atoms with Crippen LogP contribution in [0.2, 0.25) is 0 Å². The summed E-state index contributed by atoms with van der Waals surface area (Å²) in [6.07, 6.45) is 4.41. The van der Waals surface area contributed by atoms with Gasteiger partial charge in [0.2, 0.25) is 0 Å². The molecule has 2 unspecified atom stereocenters. The van der Waals surface area contributed by atoms with Crippen molar-refractivity contribution in [3.05, 3.63) is 23.8 Å². The highest BCUT2D eigenvalue weighted by Gasteiger charge is 2.29. The van der Waals surface area contributed by atoms with Crippen molar-refractivity contribution in [1.82, 2.24) is 0 Å². The standard InChI is InChI=1S/C17H24O4/c1-3-5-6-12(4-2)11-20-14-8-7-13-9-16(17(18)19)21-15(13)10-14/h7-8,10,12,16H,3-6,9,11H2,1-2H3,(H,18,19). The van der Waals surface area contributed by atoms with Gasteiger partial charge in [-0.2, -0.15) is 0 Å². The monoisotopic (exact) mass is 292 g/mol. The maximum Gasteiger partial charge on any atom is 0.345 e. The second-order valence-corrected chi connectivity index (χ2v) is 5.65. The lowest BCUT2D eigenvalue weighted by Crippen LogP contribution is -2.24. The van der Waals surface area contributed by atoms with E-state index < -0.39 is 12.1 Å². The maximum atomic E-state index is 11.0. The van der Waals surface area contributed by atoms with Gasteiger partial charge in [-0.05, 0) is 24.0 Å². The van der Waals surface area contributed by atoms with Crippen molar-refractivity contribution >= 4 is 5.97 Å². The summed E-state index contributed by atoms with van der Waals surface area (Å²) >= 11 is 0. The van der Waals surface area contributed by atoms with Crippen LogP contribution in [0.1, 0.15) is 45.1 Å². The van der Waals surface area contributed by atoms with E-state index in [1.165, 1.54) is 19.3 Å². The second-order valence-electron chi connectivity index (χ2n) is 5.65. The first-order valence-electron chi connectivity index (χ1n) is 7.79. The highest BCUT2D eigenvalue weighted by Crippen LogP contribution is 2.32. The topological polar surface area (TPSA) is 55.8 Å². The Morgan fingerprint density at radius 1 is 1.48 bits per heavy atom. The Morgan fingerprint density at radius 2 is 2.29 bits per heavy atom. The van der Waals surface area contributed by atoms with Crippen molar-refractivity contribution in [1.29, 1.82) is 0 Å². The quantitative estimate of drug-likeness (QED) is 0.794. The molecule has 0 saturated heterocycles. The van der Waals surface area contributed by atoms with Crippen LogP contribution in [0.15, 0.2) is 18.2 Å². The number of hydrogen-bond acceptors (Lipinski definition) is 3. The number of benzene rings is 1. The minimum absolute atomic E-state index is 0.430. The van der Waals surface area contributed by atoms with E-state index in [0.717, 1.165) is 17.7 Å². The third-order valence-electron chi connectivity index (χ3n) is 4.02. The van der Waals surface area contributed by atoms with E-state index in [4.69, 9.17) is 14.6 Å². The van der Waals surface area contributed by atoms with Crippen LogP contribution in [-0.2, 0) is 11.2 Å². The van der Waals surface area contributed by atoms with Crippen LogP contribution < -0.4 is 9.47 Å². The Morgan fingerprint density at radius 3 is 2.95 bits per heavy atom. The number of carbonyl (C=O) groups is 1. The summed E-state index contributed by atoms with van der Waals surface area (Å²) in [5.74, 6) is 1.06. The van der Waals surface area contributed by atoms with E-state index in [1.807, 2.05) is 18.2 Å². The lowest BCUT2D eigenvalue weighted by Gasteiger charge is -2.16. The van der Waals surface area contributed by atoms with Crippen LogP contribution in [0.4, 0.5) is 0 Å². The van der Waals surface area contributed by atoms with Crippen LogP contribution in [0.5, 0.6) is 11.5 Å². The van der Waals surface area contributed by atoms with Crippen LogP contribution in [-0.4, -0.2) is 23.8 Å². The Balaban J connectivity index is 1.91. The highest BCUT2D eigenvalue weighted by atomic mass is 16.5. The predicted octanol–water partition coefficient (Wildman–Crippen LogP) is 3.67. The number of fused-ring (bicyclic) bond motifs is 1. The van der Waals surface area contributed by atoms with E-state index in [1.54, 1.807) is 0 Å². The SMILES string of the molecule is CCCCC(CC)COc1ccc2c(c1)OC(C(=O)O)C2. The van der Waals surface area contributed by atoms with Crippen molar-refractivity contribution < 1.29 is 19.4 Å². The first-order valence-corrected chi connectivity index (χ1v) is 7.79. The van der Waals surface area contributed by atoms with Gasteiger partial charge in [0.15, 0.2) is 6.10 Å². The fourth-order valence-electron chi connectivity index (χ4n) is 2.55. The third-order valence-corrected chi connectivity index (χ3v) is 4.02. The lowest BCUT2D eigenvalue weighted by molar-refractivity contribution is -0.144. The molecule has 0 spiro atoms. The van der Waals surface area contributed by atoms with Gasteiger partial charge in [-0.15, -0.1) is 0 Å². The molecule has 0 amide bonds. The van der Waals surface area contributed by atoms with Gasteiger partial charge in [-0.3, -0.25) is 0 Å². The number of carboxylic acids is 1. The van der Waals surface area contributed by atoms with Crippen LogP contribution in [0.3, 0.4) is 0 Å². The number of ether oxygens (including phenoxy) is 2. The molecule has 1 aromatic carbocycles. The smallest absolute Gasteiger partial charge is 0.345 e. The van der Waals surface area contributed by atoms with Crippen molar-refractivity contribution in [2.24, 2.45) is 5.92 Å². The summed E-state index contributed by atoms with van der Waals surface area (Å²) in [4.78, 5) is 11.0. The van der Waals surface area contributed by atoms with Crippen molar-refractivity contribution in [3.8, 4) is 11.5 Å². The van der Waals surface area contributed by atoms with E-state index in [-0.39, 0.29) is 0 Å². The average molecular weight is 292 g/mol. The number of aliphatic carboxylic acids is 1. The fourth-order valence-corrected chi connectivity index (χ4v) is 2.55. The summed E-state index contributed by atoms with van der Waals surface area (Å²) in [5, 5.41) is 8.99. The zero-order valence-electron chi connectivity index (χ0n) is 12.8. The molecule has 4 nitrogen and oxygen atoms in total. The zero-order valence-corrected chi connectivity index (χ0v) is 12.8. The molecule has 1 heterocycles. The summed E-state index contributed by atoms with van der Waals surface area (Å²) in [7, 11) is 0. The van der Waals surface area contributed by atoms with Crippen LogP contribution in [0.25, 0.3) is 0 Å². The van der Waals surface area contributed by atoms with Crippen molar-refractivity contribution in [3.63, 3.8) is 0 Å². The molecule has 0 bridgehead atoms. The van der Waals surface area contributed by atoms with Gasteiger partial charge in [0, 0.05) is 12.5 Å². The lowest BCUT2D eigenvalue weighted by atomic mass is 10.0. The Kier molecular flexibility index (Phi) is 5.48.